The van der Waals surface area contributed by atoms with E-state index in [1.165, 1.54) is 26.4 Å². The molecule has 20 heavy (non-hydrogen) atoms. The van der Waals surface area contributed by atoms with Gasteiger partial charge in [-0.3, -0.25) is 4.79 Å². The molecule has 0 bridgehead atoms. The average Bonchev–Trinajstić information content (AvgIpc) is 2.48. The van der Waals surface area contributed by atoms with Crippen LogP contribution >= 0.6 is 0 Å². The van der Waals surface area contributed by atoms with Gasteiger partial charge < -0.3 is 14.6 Å². The zero-order valence-electron chi connectivity index (χ0n) is 11.0. The van der Waals surface area contributed by atoms with Crippen molar-refractivity contribution in [2.24, 2.45) is 0 Å². The smallest absolute Gasteiger partial charge is 0.196 e. The minimum atomic E-state index is -0.591. The number of methoxy groups -OCH3 is 2. The Kier molecular flexibility index (Phi) is 3.89. The SMILES string of the molecule is COc1ccc(C(=O)c2cc(F)ccc2O)cc1OC. The average molecular weight is 276 g/mol. The molecule has 1 N–H and O–H groups in total. The van der Waals surface area contributed by atoms with Gasteiger partial charge in [0.25, 0.3) is 0 Å². The molecule has 104 valence electrons. The van der Waals surface area contributed by atoms with Crippen molar-refractivity contribution in [3.8, 4) is 17.2 Å². The standard InChI is InChI=1S/C15H13FO4/c1-19-13-6-3-9(7-14(13)20-2)15(18)11-8-10(16)4-5-12(11)17/h3-8,17H,1-2H3. The van der Waals surface area contributed by atoms with Crippen molar-refractivity contribution in [3.63, 3.8) is 0 Å². The Morgan fingerprint density at radius 3 is 2.40 bits per heavy atom. The molecule has 0 fully saturated rings. The molecule has 0 aromatic heterocycles. The Morgan fingerprint density at radius 2 is 1.75 bits per heavy atom. The van der Waals surface area contributed by atoms with Gasteiger partial charge in [0.1, 0.15) is 11.6 Å². The third kappa shape index (κ3) is 2.56. The number of ketones is 1. The lowest BCUT2D eigenvalue weighted by Crippen LogP contribution is -2.03. The number of carbonyl (C=O) groups excluding carboxylic acids is 1. The molecule has 0 saturated heterocycles. The van der Waals surface area contributed by atoms with Crippen molar-refractivity contribution in [1.82, 2.24) is 0 Å². The Bertz CT molecular complexity index is 652. The Balaban J connectivity index is 2.45. The summed E-state index contributed by atoms with van der Waals surface area (Å²) in [5.41, 5.74) is 0.167. The number of hydrogen-bond acceptors (Lipinski definition) is 4. The molecule has 4 nitrogen and oxygen atoms in total. The van der Waals surface area contributed by atoms with Gasteiger partial charge in [-0.05, 0) is 36.4 Å². The van der Waals surface area contributed by atoms with Crippen LogP contribution in [-0.4, -0.2) is 25.1 Å². The van der Waals surface area contributed by atoms with Crippen molar-refractivity contribution in [2.75, 3.05) is 14.2 Å². The summed E-state index contributed by atoms with van der Waals surface area (Å²) in [6.07, 6.45) is 0. The Morgan fingerprint density at radius 1 is 1.05 bits per heavy atom. The van der Waals surface area contributed by atoms with E-state index in [0.717, 1.165) is 18.2 Å². The number of benzene rings is 2. The maximum atomic E-state index is 13.2. The fourth-order valence-electron chi connectivity index (χ4n) is 1.82. The van der Waals surface area contributed by atoms with Crippen molar-refractivity contribution < 1.29 is 23.8 Å². The minimum absolute atomic E-state index is 0.0998. The van der Waals surface area contributed by atoms with Crippen LogP contribution in [0.25, 0.3) is 0 Å². The molecule has 2 aromatic rings. The van der Waals surface area contributed by atoms with E-state index in [0.29, 0.717) is 11.5 Å². The first-order valence-electron chi connectivity index (χ1n) is 5.82. The van der Waals surface area contributed by atoms with Gasteiger partial charge in [-0.1, -0.05) is 0 Å². The van der Waals surface area contributed by atoms with E-state index in [2.05, 4.69) is 0 Å². The summed E-state index contributed by atoms with van der Waals surface area (Å²) in [5.74, 6) is -0.498. The van der Waals surface area contributed by atoms with Crippen molar-refractivity contribution in [3.05, 3.63) is 53.3 Å². The summed E-state index contributed by atoms with van der Waals surface area (Å²) in [5, 5.41) is 9.65. The molecular formula is C15H13FO4. The molecule has 0 unspecified atom stereocenters. The van der Waals surface area contributed by atoms with E-state index in [4.69, 9.17) is 9.47 Å². The maximum absolute atomic E-state index is 13.2. The summed E-state index contributed by atoms with van der Waals surface area (Å²) in [4.78, 5) is 12.3. The molecular weight excluding hydrogens is 263 g/mol. The largest absolute Gasteiger partial charge is 0.507 e. The summed E-state index contributed by atoms with van der Waals surface area (Å²) in [6, 6.07) is 7.79. The minimum Gasteiger partial charge on any atom is -0.507 e. The van der Waals surface area contributed by atoms with E-state index in [9.17, 15) is 14.3 Å². The second-order valence-electron chi connectivity index (χ2n) is 4.06. The second kappa shape index (κ2) is 5.61. The molecule has 0 atom stereocenters. The van der Waals surface area contributed by atoms with Crippen LogP contribution in [0.3, 0.4) is 0 Å². The quantitative estimate of drug-likeness (QED) is 0.872. The summed E-state index contributed by atoms with van der Waals surface area (Å²) < 4.78 is 23.4. The number of phenols is 1. The van der Waals surface area contributed by atoms with E-state index >= 15 is 0 Å². The molecule has 0 aliphatic rings. The normalized spacial score (nSPS) is 10.2. The van der Waals surface area contributed by atoms with Crippen LogP contribution in [-0.2, 0) is 0 Å². The van der Waals surface area contributed by atoms with Gasteiger partial charge in [0, 0.05) is 5.56 Å². The van der Waals surface area contributed by atoms with Crippen LogP contribution < -0.4 is 9.47 Å². The van der Waals surface area contributed by atoms with Gasteiger partial charge in [0.2, 0.25) is 0 Å². The highest BCUT2D eigenvalue weighted by Gasteiger charge is 2.16. The maximum Gasteiger partial charge on any atom is 0.196 e. The van der Waals surface area contributed by atoms with Gasteiger partial charge in [0.05, 0.1) is 19.8 Å². The van der Waals surface area contributed by atoms with Crippen LogP contribution in [0.2, 0.25) is 0 Å². The lowest BCUT2D eigenvalue weighted by atomic mass is 10.0. The molecule has 0 radical (unpaired) electrons. The fraction of sp³-hybridized carbons (Fsp3) is 0.133. The summed E-state index contributed by atoms with van der Waals surface area (Å²) >= 11 is 0. The van der Waals surface area contributed by atoms with Gasteiger partial charge in [-0.2, -0.15) is 0 Å². The van der Waals surface area contributed by atoms with E-state index < -0.39 is 11.6 Å². The Hall–Kier alpha value is -2.56. The number of phenolic OH excluding ortho intramolecular Hbond substituents is 1. The lowest BCUT2D eigenvalue weighted by molar-refractivity contribution is 0.103. The topological polar surface area (TPSA) is 55.8 Å². The number of carbonyl (C=O) groups is 1. The first-order valence-corrected chi connectivity index (χ1v) is 5.82. The molecule has 0 aliphatic heterocycles. The number of ether oxygens (including phenoxy) is 2. The lowest BCUT2D eigenvalue weighted by Gasteiger charge is -2.09. The van der Waals surface area contributed by atoms with Crippen molar-refractivity contribution in [1.29, 1.82) is 0 Å². The number of aromatic hydroxyl groups is 1. The predicted molar refractivity (Wildman–Crippen MR) is 71.0 cm³/mol. The number of hydrogen-bond donors (Lipinski definition) is 1. The first kappa shape index (κ1) is 13.9. The molecule has 2 aromatic carbocycles. The number of halogens is 1. The van der Waals surface area contributed by atoms with Gasteiger partial charge in [-0.15, -0.1) is 0 Å². The Labute approximate surface area is 115 Å². The number of rotatable bonds is 4. The molecule has 0 heterocycles. The van der Waals surface area contributed by atoms with Crippen LogP contribution in [0.5, 0.6) is 17.2 Å². The van der Waals surface area contributed by atoms with Crippen molar-refractivity contribution >= 4 is 5.78 Å². The van der Waals surface area contributed by atoms with E-state index in [1.807, 2.05) is 0 Å². The zero-order valence-corrected chi connectivity index (χ0v) is 11.0. The third-order valence-corrected chi connectivity index (χ3v) is 2.85. The molecule has 0 spiro atoms. The molecule has 0 amide bonds. The predicted octanol–water partition coefficient (Wildman–Crippen LogP) is 2.78. The van der Waals surface area contributed by atoms with Gasteiger partial charge >= 0.3 is 0 Å². The molecule has 0 aliphatic carbocycles. The van der Waals surface area contributed by atoms with E-state index in [1.54, 1.807) is 6.07 Å². The van der Waals surface area contributed by atoms with Crippen LogP contribution in [0.15, 0.2) is 36.4 Å². The first-order chi connectivity index (χ1) is 9.56. The highest BCUT2D eigenvalue weighted by atomic mass is 19.1. The molecule has 0 saturated carbocycles. The highest BCUT2D eigenvalue weighted by Crippen LogP contribution is 2.29. The second-order valence-corrected chi connectivity index (χ2v) is 4.06. The van der Waals surface area contributed by atoms with Gasteiger partial charge in [0.15, 0.2) is 17.3 Å². The third-order valence-electron chi connectivity index (χ3n) is 2.85. The zero-order chi connectivity index (χ0) is 14.7. The van der Waals surface area contributed by atoms with Crippen LogP contribution in [0.4, 0.5) is 4.39 Å². The van der Waals surface area contributed by atoms with Crippen LogP contribution in [0, 0.1) is 5.82 Å². The monoisotopic (exact) mass is 276 g/mol. The summed E-state index contributed by atoms with van der Waals surface area (Å²) in [6.45, 7) is 0. The van der Waals surface area contributed by atoms with Crippen molar-refractivity contribution in [2.45, 2.75) is 0 Å². The van der Waals surface area contributed by atoms with Crippen LogP contribution in [0.1, 0.15) is 15.9 Å². The summed E-state index contributed by atoms with van der Waals surface area (Å²) in [7, 11) is 2.93. The molecule has 2 rings (SSSR count). The highest BCUT2D eigenvalue weighted by molar-refractivity contribution is 6.10. The molecule has 5 heteroatoms. The van der Waals surface area contributed by atoms with E-state index in [-0.39, 0.29) is 16.9 Å². The van der Waals surface area contributed by atoms with Gasteiger partial charge in [-0.25, -0.2) is 4.39 Å². The fourth-order valence-corrected chi connectivity index (χ4v) is 1.82.